The fraction of sp³-hybridized carbons (Fsp3) is 0.318. The van der Waals surface area contributed by atoms with Crippen molar-refractivity contribution in [3.63, 3.8) is 0 Å². The van der Waals surface area contributed by atoms with Gasteiger partial charge in [0, 0.05) is 57.0 Å². The summed E-state index contributed by atoms with van der Waals surface area (Å²) in [6.45, 7) is 6.91. The molecule has 4 rings (SSSR count). The maximum atomic E-state index is 13.2. The van der Waals surface area contributed by atoms with Crippen LogP contribution < -0.4 is 10.2 Å². The number of guanidine groups is 1. The third-order valence-corrected chi connectivity index (χ3v) is 5.07. The number of nitrogens with zero attached hydrogens (tertiary/aromatic N) is 6. The van der Waals surface area contributed by atoms with E-state index in [0.29, 0.717) is 6.54 Å². The van der Waals surface area contributed by atoms with Gasteiger partial charge in [-0.1, -0.05) is 0 Å². The molecule has 0 aliphatic carbocycles. The molecule has 1 aromatic carbocycles. The number of halogens is 1. The molecule has 8 heteroatoms. The third-order valence-electron chi connectivity index (χ3n) is 5.07. The summed E-state index contributed by atoms with van der Waals surface area (Å²) in [6.07, 6.45) is 5.40. The fourth-order valence-electron chi connectivity index (χ4n) is 3.51. The first-order valence-electron chi connectivity index (χ1n) is 10.2. The van der Waals surface area contributed by atoms with Crippen LogP contribution in [0.1, 0.15) is 12.5 Å². The number of benzene rings is 1. The summed E-state index contributed by atoms with van der Waals surface area (Å²) in [7, 11) is 0. The second-order valence-corrected chi connectivity index (χ2v) is 7.09. The van der Waals surface area contributed by atoms with Crippen LogP contribution >= 0.6 is 0 Å². The van der Waals surface area contributed by atoms with Crippen LogP contribution in [0.5, 0.6) is 0 Å². The summed E-state index contributed by atoms with van der Waals surface area (Å²) in [5, 5.41) is 7.64. The lowest BCUT2D eigenvalue weighted by molar-refractivity contribution is 0.372. The van der Waals surface area contributed by atoms with Gasteiger partial charge in [-0.05, 0) is 55.0 Å². The maximum Gasteiger partial charge on any atom is 0.194 e. The van der Waals surface area contributed by atoms with Gasteiger partial charge in [0.15, 0.2) is 11.8 Å². The number of hydrogen-bond donors (Lipinski definition) is 1. The second kappa shape index (κ2) is 9.39. The Balaban J connectivity index is 1.41. The van der Waals surface area contributed by atoms with E-state index in [0.717, 1.165) is 55.8 Å². The van der Waals surface area contributed by atoms with Crippen molar-refractivity contribution in [3.8, 4) is 5.82 Å². The Kier molecular flexibility index (Phi) is 6.22. The van der Waals surface area contributed by atoms with E-state index in [9.17, 15) is 4.39 Å². The number of rotatable bonds is 5. The molecule has 1 fully saturated rings. The predicted octanol–water partition coefficient (Wildman–Crippen LogP) is 2.69. The minimum Gasteiger partial charge on any atom is -0.368 e. The molecule has 1 aliphatic heterocycles. The van der Waals surface area contributed by atoms with Crippen LogP contribution in [0.3, 0.4) is 0 Å². The molecule has 0 saturated carbocycles. The SMILES string of the molecule is CCNC(=NCc1ccnc(-n2cccn2)c1)N1CCN(c2ccc(F)cc2)CC1. The topological polar surface area (TPSA) is 61.6 Å². The van der Waals surface area contributed by atoms with Crippen molar-refractivity contribution in [1.29, 1.82) is 0 Å². The van der Waals surface area contributed by atoms with Crippen LogP contribution in [0.2, 0.25) is 0 Å². The summed E-state index contributed by atoms with van der Waals surface area (Å²) in [6, 6.07) is 12.6. The van der Waals surface area contributed by atoms with Gasteiger partial charge in [-0.2, -0.15) is 5.10 Å². The Morgan fingerprint density at radius 2 is 1.90 bits per heavy atom. The first kappa shape index (κ1) is 19.9. The number of nitrogens with one attached hydrogen (secondary N) is 1. The molecule has 30 heavy (non-hydrogen) atoms. The van der Waals surface area contributed by atoms with E-state index in [1.807, 2.05) is 36.5 Å². The van der Waals surface area contributed by atoms with Gasteiger partial charge in [0.25, 0.3) is 0 Å². The van der Waals surface area contributed by atoms with Crippen molar-refractivity contribution in [1.82, 2.24) is 25.0 Å². The van der Waals surface area contributed by atoms with E-state index in [4.69, 9.17) is 4.99 Å². The molecule has 0 spiro atoms. The highest BCUT2D eigenvalue weighted by Gasteiger charge is 2.19. The van der Waals surface area contributed by atoms with E-state index in [1.165, 1.54) is 12.1 Å². The largest absolute Gasteiger partial charge is 0.368 e. The van der Waals surface area contributed by atoms with Gasteiger partial charge >= 0.3 is 0 Å². The maximum absolute atomic E-state index is 13.2. The second-order valence-electron chi connectivity index (χ2n) is 7.09. The normalized spacial score (nSPS) is 14.8. The number of aliphatic imine (C=N–C) groups is 1. The quantitative estimate of drug-likeness (QED) is 0.521. The molecule has 7 nitrogen and oxygen atoms in total. The summed E-state index contributed by atoms with van der Waals surface area (Å²) in [4.78, 5) is 13.8. The lowest BCUT2D eigenvalue weighted by Crippen LogP contribution is -2.52. The van der Waals surface area contributed by atoms with E-state index < -0.39 is 0 Å². The van der Waals surface area contributed by atoms with Crippen LogP contribution in [-0.2, 0) is 6.54 Å². The predicted molar refractivity (Wildman–Crippen MR) is 116 cm³/mol. The number of piperazine rings is 1. The van der Waals surface area contributed by atoms with Crippen molar-refractivity contribution in [2.24, 2.45) is 4.99 Å². The van der Waals surface area contributed by atoms with Crippen LogP contribution in [0, 0.1) is 5.82 Å². The standard InChI is InChI=1S/C22H26FN7/c1-2-24-22(26-17-18-8-10-25-21(16-18)30-11-3-9-27-30)29-14-12-28(13-15-29)20-6-4-19(23)5-7-20/h3-11,16H,2,12-15,17H2,1H3,(H,24,26). The number of pyridine rings is 1. The molecule has 156 valence electrons. The van der Waals surface area contributed by atoms with E-state index in [2.05, 4.69) is 32.1 Å². The zero-order chi connectivity index (χ0) is 20.8. The lowest BCUT2D eigenvalue weighted by atomic mass is 10.2. The highest BCUT2D eigenvalue weighted by molar-refractivity contribution is 5.80. The van der Waals surface area contributed by atoms with Crippen LogP contribution in [0.25, 0.3) is 5.82 Å². The minimum absolute atomic E-state index is 0.203. The van der Waals surface area contributed by atoms with E-state index in [1.54, 1.807) is 17.1 Å². The highest BCUT2D eigenvalue weighted by Crippen LogP contribution is 2.17. The zero-order valence-electron chi connectivity index (χ0n) is 17.1. The van der Waals surface area contributed by atoms with Gasteiger partial charge in [-0.25, -0.2) is 19.0 Å². The molecule has 1 aliphatic rings. The molecule has 3 heterocycles. The Hall–Kier alpha value is -3.42. The Labute approximate surface area is 175 Å². The summed E-state index contributed by atoms with van der Waals surface area (Å²) in [5.74, 6) is 1.49. The van der Waals surface area contributed by atoms with Gasteiger partial charge in [0.1, 0.15) is 5.82 Å². The first-order valence-corrected chi connectivity index (χ1v) is 10.2. The van der Waals surface area contributed by atoms with E-state index >= 15 is 0 Å². The molecular formula is C22H26FN7. The van der Waals surface area contributed by atoms with Crippen LogP contribution in [0.15, 0.2) is 66.0 Å². The third kappa shape index (κ3) is 4.76. The van der Waals surface area contributed by atoms with E-state index in [-0.39, 0.29) is 5.82 Å². The highest BCUT2D eigenvalue weighted by atomic mass is 19.1. The summed E-state index contributed by atoms with van der Waals surface area (Å²) < 4.78 is 14.9. The monoisotopic (exact) mass is 407 g/mol. The Morgan fingerprint density at radius 1 is 1.10 bits per heavy atom. The molecule has 0 bridgehead atoms. The van der Waals surface area contributed by atoms with Crippen molar-refractivity contribution in [2.75, 3.05) is 37.6 Å². The van der Waals surface area contributed by atoms with Crippen molar-refractivity contribution in [3.05, 3.63) is 72.4 Å². The Bertz CT molecular complexity index is 961. The first-order chi connectivity index (χ1) is 14.7. The molecule has 0 unspecified atom stereocenters. The summed E-state index contributed by atoms with van der Waals surface area (Å²) in [5.41, 5.74) is 2.14. The Morgan fingerprint density at radius 3 is 2.60 bits per heavy atom. The van der Waals surface area contributed by atoms with Gasteiger partial charge in [0.2, 0.25) is 0 Å². The molecule has 0 atom stereocenters. The lowest BCUT2D eigenvalue weighted by Gasteiger charge is -2.37. The van der Waals surface area contributed by atoms with Gasteiger partial charge in [-0.15, -0.1) is 0 Å². The summed E-state index contributed by atoms with van der Waals surface area (Å²) >= 11 is 0. The number of aromatic nitrogens is 3. The molecule has 3 aromatic rings. The average Bonchev–Trinajstić information content (AvgIpc) is 3.33. The fourth-order valence-corrected chi connectivity index (χ4v) is 3.51. The molecule has 0 radical (unpaired) electrons. The number of anilines is 1. The van der Waals surface area contributed by atoms with Crippen molar-refractivity contribution < 1.29 is 4.39 Å². The molecule has 0 amide bonds. The van der Waals surface area contributed by atoms with Crippen LogP contribution in [-0.4, -0.2) is 58.3 Å². The van der Waals surface area contributed by atoms with Gasteiger partial charge < -0.3 is 15.1 Å². The zero-order valence-corrected chi connectivity index (χ0v) is 17.1. The van der Waals surface area contributed by atoms with Crippen molar-refractivity contribution >= 4 is 11.6 Å². The molecule has 1 saturated heterocycles. The van der Waals surface area contributed by atoms with Crippen LogP contribution in [0.4, 0.5) is 10.1 Å². The van der Waals surface area contributed by atoms with Crippen molar-refractivity contribution in [2.45, 2.75) is 13.5 Å². The number of hydrogen-bond acceptors (Lipinski definition) is 4. The smallest absolute Gasteiger partial charge is 0.194 e. The average molecular weight is 407 g/mol. The van der Waals surface area contributed by atoms with Gasteiger partial charge in [-0.3, -0.25) is 0 Å². The van der Waals surface area contributed by atoms with Gasteiger partial charge in [0.05, 0.1) is 6.54 Å². The molecule has 1 N–H and O–H groups in total. The molecule has 2 aromatic heterocycles. The minimum atomic E-state index is -0.203. The molecular weight excluding hydrogens is 381 g/mol.